The van der Waals surface area contributed by atoms with Gasteiger partial charge in [0.25, 0.3) is 0 Å². The van der Waals surface area contributed by atoms with Crippen LogP contribution in [0.25, 0.3) is 0 Å². The summed E-state index contributed by atoms with van der Waals surface area (Å²) in [4.78, 5) is 49.4. The fraction of sp³-hybridized carbons (Fsp3) is 0.200. The van der Waals surface area contributed by atoms with Crippen LogP contribution in [0, 0.1) is 0 Å². The van der Waals surface area contributed by atoms with E-state index in [0.717, 1.165) is 0 Å². The largest absolute Gasteiger partial charge is 0.349 e. The van der Waals surface area contributed by atoms with Crippen molar-refractivity contribution in [2.24, 2.45) is 11.5 Å². The topological polar surface area (TPSA) is 163 Å². The monoisotopic (exact) mass is 220 g/mol. The smallest absolute Gasteiger partial charge is 0.345 e. The number of hydrogen-bond acceptors (Lipinski definition) is 6. The molecule has 0 radical (unpaired) electrons. The number of nitrogens with two attached hydrogens (primary N) is 2. The van der Waals surface area contributed by atoms with Gasteiger partial charge in [-0.05, 0) is 0 Å². The summed E-state index contributed by atoms with van der Waals surface area (Å²) in [5.41, 5.74) is 12.1. The van der Waals surface area contributed by atoms with Gasteiger partial charge in [0, 0.05) is 0 Å². The van der Waals surface area contributed by atoms with Gasteiger partial charge in [-0.2, -0.15) is 11.0 Å². The van der Waals surface area contributed by atoms with E-state index in [0.29, 0.717) is 0 Å². The molecule has 15 heavy (non-hydrogen) atoms. The lowest BCUT2D eigenvalue weighted by Crippen LogP contribution is -2.35. The maximum Gasteiger partial charge on any atom is 0.345 e. The zero-order valence-corrected chi connectivity index (χ0v) is 7.31. The number of urea groups is 2. The standard InChI is InChI=1S/C5H8N4O6/c6-4(12)8-14-2(10)1-3(11)15-9-5(7)13/h1H2,(H3,6,8,12)(H3,7,9,13). The maximum absolute atomic E-state index is 10.7. The second-order valence-corrected chi connectivity index (χ2v) is 2.06. The van der Waals surface area contributed by atoms with Crippen molar-refractivity contribution in [3.05, 3.63) is 0 Å². The predicted octanol–water partition coefficient (Wildman–Crippen LogP) is -2.37. The minimum absolute atomic E-state index is 0.833. The summed E-state index contributed by atoms with van der Waals surface area (Å²) in [6.45, 7) is 0. The Morgan fingerprint density at radius 3 is 1.47 bits per heavy atom. The van der Waals surface area contributed by atoms with Gasteiger partial charge in [0.05, 0.1) is 0 Å². The molecule has 0 aliphatic rings. The highest BCUT2D eigenvalue weighted by Crippen LogP contribution is 1.86. The molecule has 10 nitrogen and oxygen atoms in total. The molecule has 0 aromatic heterocycles. The molecular weight excluding hydrogens is 212 g/mol. The Morgan fingerprint density at radius 1 is 0.867 bits per heavy atom. The van der Waals surface area contributed by atoms with Crippen LogP contribution < -0.4 is 22.4 Å². The number of rotatable bonds is 2. The summed E-state index contributed by atoms with van der Waals surface area (Å²) in [5.74, 6) is -2.24. The van der Waals surface area contributed by atoms with Crippen molar-refractivity contribution in [1.82, 2.24) is 11.0 Å². The Morgan fingerprint density at radius 2 is 1.20 bits per heavy atom. The zero-order chi connectivity index (χ0) is 11.8. The quantitative estimate of drug-likeness (QED) is 0.300. The van der Waals surface area contributed by atoms with Crippen molar-refractivity contribution in [3.8, 4) is 0 Å². The summed E-state index contributed by atoms with van der Waals surface area (Å²) < 4.78 is 0. The first kappa shape index (κ1) is 12.5. The Labute approximate surface area is 82.8 Å². The number of primary amides is 2. The van der Waals surface area contributed by atoms with E-state index in [1.807, 2.05) is 0 Å². The number of hydroxylamine groups is 2. The van der Waals surface area contributed by atoms with Gasteiger partial charge in [0.1, 0.15) is 6.42 Å². The molecule has 0 aliphatic heterocycles. The van der Waals surface area contributed by atoms with Gasteiger partial charge in [-0.25, -0.2) is 19.2 Å². The lowest BCUT2D eigenvalue weighted by molar-refractivity contribution is -0.160. The van der Waals surface area contributed by atoms with Crippen LogP contribution in [0.15, 0.2) is 0 Å². The van der Waals surface area contributed by atoms with Gasteiger partial charge < -0.3 is 21.1 Å². The van der Waals surface area contributed by atoms with E-state index >= 15 is 0 Å². The van der Waals surface area contributed by atoms with Gasteiger partial charge in [0.15, 0.2) is 0 Å². The minimum Gasteiger partial charge on any atom is -0.349 e. The number of hydrogen-bond donors (Lipinski definition) is 4. The van der Waals surface area contributed by atoms with Crippen LogP contribution in [-0.4, -0.2) is 24.0 Å². The zero-order valence-electron chi connectivity index (χ0n) is 7.31. The van der Waals surface area contributed by atoms with Crippen molar-refractivity contribution in [2.45, 2.75) is 6.42 Å². The van der Waals surface area contributed by atoms with Gasteiger partial charge >= 0.3 is 24.0 Å². The van der Waals surface area contributed by atoms with Crippen molar-refractivity contribution >= 4 is 24.0 Å². The minimum atomic E-state index is -1.12. The number of amides is 4. The molecule has 4 amide bonds. The third-order valence-corrected chi connectivity index (χ3v) is 0.820. The molecule has 0 atom stereocenters. The summed E-state index contributed by atoms with van der Waals surface area (Å²) in [7, 11) is 0. The molecule has 0 fully saturated rings. The van der Waals surface area contributed by atoms with Crippen LogP contribution in [0.1, 0.15) is 6.42 Å². The van der Waals surface area contributed by atoms with Gasteiger partial charge in [0.2, 0.25) is 0 Å². The van der Waals surface area contributed by atoms with Crippen molar-refractivity contribution in [1.29, 1.82) is 0 Å². The van der Waals surface area contributed by atoms with E-state index in [1.165, 1.54) is 11.0 Å². The molecule has 0 saturated carbocycles. The van der Waals surface area contributed by atoms with Crippen LogP contribution in [0.5, 0.6) is 0 Å². The van der Waals surface area contributed by atoms with E-state index in [4.69, 9.17) is 0 Å². The van der Waals surface area contributed by atoms with Crippen molar-refractivity contribution in [3.63, 3.8) is 0 Å². The third kappa shape index (κ3) is 7.83. The number of carbonyl (C=O) groups is 4. The Kier molecular flexibility index (Phi) is 5.00. The van der Waals surface area contributed by atoms with Crippen molar-refractivity contribution in [2.75, 3.05) is 0 Å². The third-order valence-electron chi connectivity index (χ3n) is 0.820. The molecule has 0 unspecified atom stereocenters. The average molecular weight is 220 g/mol. The first-order valence-corrected chi connectivity index (χ1v) is 3.42. The van der Waals surface area contributed by atoms with Crippen LogP contribution >= 0.6 is 0 Å². The molecule has 0 bridgehead atoms. The summed E-state index contributed by atoms with van der Waals surface area (Å²) >= 11 is 0. The van der Waals surface area contributed by atoms with E-state index < -0.39 is 30.4 Å². The van der Waals surface area contributed by atoms with Crippen LogP contribution in [-0.2, 0) is 19.3 Å². The fourth-order valence-electron chi connectivity index (χ4n) is 0.404. The maximum atomic E-state index is 10.7. The van der Waals surface area contributed by atoms with Gasteiger partial charge in [-0.1, -0.05) is 0 Å². The predicted molar refractivity (Wildman–Crippen MR) is 42.2 cm³/mol. The normalized spacial score (nSPS) is 8.53. The lowest BCUT2D eigenvalue weighted by Gasteiger charge is -2.03. The first-order valence-electron chi connectivity index (χ1n) is 3.42. The Balaban J connectivity index is 3.71. The van der Waals surface area contributed by atoms with E-state index in [2.05, 4.69) is 21.1 Å². The molecule has 0 aromatic rings. The molecule has 0 aliphatic carbocycles. The van der Waals surface area contributed by atoms with Crippen molar-refractivity contribution < 1.29 is 28.9 Å². The molecule has 0 saturated heterocycles. The fourth-order valence-corrected chi connectivity index (χ4v) is 0.404. The molecule has 0 heterocycles. The summed E-state index contributed by atoms with van der Waals surface area (Å²) in [6, 6.07) is -2.21. The van der Waals surface area contributed by atoms with E-state index in [1.54, 1.807) is 0 Å². The van der Waals surface area contributed by atoms with Crippen LogP contribution in [0.3, 0.4) is 0 Å². The number of carbonyl (C=O) groups excluding carboxylic acids is 4. The average Bonchev–Trinajstić information content (AvgIpc) is 2.11. The summed E-state index contributed by atoms with van der Waals surface area (Å²) in [5, 5.41) is 0. The van der Waals surface area contributed by atoms with Gasteiger partial charge in [-0.3, -0.25) is 0 Å². The molecular formula is C5H8N4O6. The molecule has 6 N–H and O–H groups in total. The molecule has 0 aromatic carbocycles. The van der Waals surface area contributed by atoms with E-state index in [-0.39, 0.29) is 0 Å². The van der Waals surface area contributed by atoms with Crippen LogP contribution in [0.2, 0.25) is 0 Å². The molecule has 0 rings (SSSR count). The van der Waals surface area contributed by atoms with Crippen LogP contribution in [0.4, 0.5) is 9.59 Å². The Bertz CT molecular complexity index is 261. The summed E-state index contributed by atoms with van der Waals surface area (Å²) in [6.07, 6.45) is -0.833. The second-order valence-electron chi connectivity index (χ2n) is 2.06. The lowest BCUT2D eigenvalue weighted by atomic mass is 10.4. The molecule has 10 heteroatoms. The second kappa shape index (κ2) is 6.01. The highest BCUT2D eigenvalue weighted by atomic mass is 16.7. The molecule has 84 valence electrons. The highest BCUT2D eigenvalue weighted by Gasteiger charge is 2.13. The van der Waals surface area contributed by atoms with E-state index in [9.17, 15) is 19.2 Å². The first-order chi connectivity index (χ1) is 6.91. The molecule has 0 spiro atoms. The SMILES string of the molecule is NC(=O)NOC(=O)CC(=O)ONC(N)=O. The van der Waals surface area contributed by atoms with Gasteiger partial charge in [-0.15, -0.1) is 0 Å². The Hall–Kier alpha value is -2.52. The number of nitrogens with one attached hydrogen (secondary N) is 2. The highest BCUT2D eigenvalue weighted by molar-refractivity contribution is 5.92.